The normalized spacial score (nSPS) is 17.0. The molecule has 1 fully saturated rings. The molecule has 0 radical (unpaired) electrons. The van der Waals surface area contributed by atoms with Crippen molar-refractivity contribution in [2.75, 3.05) is 6.54 Å². The van der Waals surface area contributed by atoms with Crippen molar-refractivity contribution in [2.24, 2.45) is 5.92 Å². The fourth-order valence-corrected chi connectivity index (χ4v) is 5.71. The van der Waals surface area contributed by atoms with Gasteiger partial charge in [0.25, 0.3) is 10.0 Å². The maximum absolute atomic E-state index is 12.5. The molecule has 3 nitrogen and oxygen atoms in total. The van der Waals surface area contributed by atoms with Crippen LogP contribution in [0.5, 0.6) is 0 Å². The molecule has 0 unspecified atom stereocenters. The van der Waals surface area contributed by atoms with Gasteiger partial charge in [0.15, 0.2) is 0 Å². The van der Waals surface area contributed by atoms with Crippen LogP contribution < -0.4 is 0 Å². The molecule has 1 heterocycles. The van der Waals surface area contributed by atoms with Crippen molar-refractivity contribution in [1.29, 1.82) is 0 Å². The molecule has 0 atom stereocenters. The molecule has 0 spiro atoms. The van der Waals surface area contributed by atoms with Gasteiger partial charge in [-0.2, -0.15) is 4.31 Å². The molecule has 6 heteroatoms. The molecule has 0 bridgehead atoms. The van der Waals surface area contributed by atoms with Crippen LogP contribution in [0.4, 0.5) is 0 Å². The lowest BCUT2D eigenvalue weighted by Gasteiger charge is -2.22. The fraction of sp³-hybridized carbons (Fsp3) is 0.636. The standard InChI is InChI=1S/C11H16BrNO2S2/c1-8(2)7-13(9-3-4-9)17(14,15)11-6-5-10(12)16-11/h5-6,8-9H,3-4,7H2,1-2H3. The summed E-state index contributed by atoms with van der Waals surface area (Å²) in [7, 11) is -3.29. The molecule has 0 aliphatic heterocycles. The Hall–Kier alpha value is 0.0900. The van der Waals surface area contributed by atoms with Crippen LogP contribution >= 0.6 is 27.3 Å². The Balaban J connectivity index is 2.28. The first-order valence-electron chi connectivity index (χ1n) is 5.68. The van der Waals surface area contributed by atoms with Crippen LogP contribution in [0.3, 0.4) is 0 Å². The van der Waals surface area contributed by atoms with Crippen LogP contribution in [0.25, 0.3) is 0 Å². The summed E-state index contributed by atoms with van der Waals surface area (Å²) in [6.07, 6.45) is 2.00. The molecule has 96 valence electrons. The van der Waals surface area contributed by atoms with Gasteiger partial charge in [0.2, 0.25) is 0 Å². The van der Waals surface area contributed by atoms with Gasteiger partial charge in [0.05, 0.1) is 3.79 Å². The zero-order valence-electron chi connectivity index (χ0n) is 9.89. The van der Waals surface area contributed by atoms with E-state index in [0.29, 0.717) is 16.7 Å². The maximum atomic E-state index is 12.5. The number of thiophene rings is 1. The first-order chi connectivity index (χ1) is 7.91. The minimum atomic E-state index is -3.29. The lowest BCUT2D eigenvalue weighted by Crippen LogP contribution is -2.35. The Labute approximate surface area is 115 Å². The number of sulfonamides is 1. The summed E-state index contributed by atoms with van der Waals surface area (Å²) in [4.78, 5) is 0. The highest BCUT2D eigenvalue weighted by molar-refractivity contribution is 9.11. The van der Waals surface area contributed by atoms with Crippen LogP contribution in [0, 0.1) is 5.92 Å². The van der Waals surface area contributed by atoms with E-state index in [9.17, 15) is 8.42 Å². The number of nitrogens with zero attached hydrogens (tertiary/aromatic N) is 1. The Bertz CT molecular complexity index is 491. The van der Waals surface area contributed by atoms with E-state index >= 15 is 0 Å². The van der Waals surface area contributed by atoms with Crippen molar-refractivity contribution in [3.8, 4) is 0 Å². The third-order valence-electron chi connectivity index (χ3n) is 2.61. The number of halogens is 1. The van der Waals surface area contributed by atoms with Gasteiger partial charge >= 0.3 is 0 Å². The largest absolute Gasteiger partial charge is 0.252 e. The Morgan fingerprint density at radius 3 is 2.53 bits per heavy atom. The Morgan fingerprint density at radius 1 is 1.47 bits per heavy atom. The van der Waals surface area contributed by atoms with Gasteiger partial charge in [-0.15, -0.1) is 11.3 Å². The summed E-state index contributed by atoms with van der Waals surface area (Å²) in [6, 6.07) is 3.70. The highest BCUT2D eigenvalue weighted by Crippen LogP contribution is 2.35. The molecule has 0 amide bonds. The quantitative estimate of drug-likeness (QED) is 0.826. The highest BCUT2D eigenvalue weighted by Gasteiger charge is 2.38. The van der Waals surface area contributed by atoms with Gasteiger partial charge in [-0.3, -0.25) is 0 Å². The van der Waals surface area contributed by atoms with Crippen LogP contribution in [0.1, 0.15) is 26.7 Å². The van der Waals surface area contributed by atoms with Gasteiger partial charge in [-0.25, -0.2) is 8.42 Å². The van der Waals surface area contributed by atoms with Crippen LogP contribution in [0.15, 0.2) is 20.1 Å². The number of hydrogen-bond acceptors (Lipinski definition) is 3. The SMILES string of the molecule is CC(C)CN(C1CC1)S(=O)(=O)c1ccc(Br)s1. The monoisotopic (exact) mass is 337 g/mol. The van der Waals surface area contributed by atoms with E-state index in [1.807, 2.05) is 0 Å². The second kappa shape index (κ2) is 4.99. The Morgan fingerprint density at radius 2 is 2.12 bits per heavy atom. The molecule has 1 saturated carbocycles. The molecule has 1 aliphatic rings. The third-order valence-corrected chi connectivity index (χ3v) is 6.62. The lowest BCUT2D eigenvalue weighted by atomic mass is 10.2. The van der Waals surface area contributed by atoms with E-state index in [2.05, 4.69) is 29.8 Å². The number of rotatable bonds is 5. The summed E-state index contributed by atoms with van der Waals surface area (Å²) in [5, 5.41) is 0. The van der Waals surface area contributed by atoms with E-state index < -0.39 is 10.0 Å². The zero-order valence-corrected chi connectivity index (χ0v) is 13.1. The summed E-state index contributed by atoms with van der Waals surface area (Å²) in [5.74, 6) is 0.355. The summed E-state index contributed by atoms with van der Waals surface area (Å²) >= 11 is 4.60. The zero-order chi connectivity index (χ0) is 12.6. The van der Waals surface area contributed by atoms with E-state index in [-0.39, 0.29) is 6.04 Å². The molecular weight excluding hydrogens is 322 g/mol. The van der Waals surface area contributed by atoms with Crippen LogP contribution in [0.2, 0.25) is 0 Å². The van der Waals surface area contributed by atoms with Crippen molar-refractivity contribution in [3.63, 3.8) is 0 Å². The Kier molecular flexibility index (Phi) is 3.97. The lowest BCUT2D eigenvalue weighted by molar-refractivity contribution is 0.361. The molecule has 2 rings (SSSR count). The average molecular weight is 338 g/mol. The maximum Gasteiger partial charge on any atom is 0.252 e. The van der Waals surface area contributed by atoms with E-state index in [1.165, 1.54) is 11.3 Å². The fourth-order valence-electron chi connectivity index (χ4n) is 1.72. The van der Waals surface area contributed by atoms with Crippen LogP contribution in [-0.4, -0.2) is 25.3 Å². The van der Waals surface area contributed by atoms with E-state index in [4.69, 9.17) is 0 Å². The number of hydrogen-bond donors (Lipinski definition) is 0. The van der Waals surface area contributed by atoms with Crippen molar-refractivity contribution in [1.82, 2.24) is 4.31 Å². The van der Waals surface area contributed by atoms with Crippen molar-refractivity contribution >= 4 is 37.3 Å². The molecular formula is C11H16BrNO2S2. The first kappa shape index (κ1) is 13.5. The van der Waals surface area contributed by atoms with E-state index in [0.717, 1.165) is 16.6 Å². The molecule has 1 aromatic rings. The molecule has 0 saturated heterocycles. The van der Waals surface area contributed by atoms with Gasteiger partial charge < -0.3 is 0 Å². The summed E-state index contributed by atoms with van der Waals surface area (Å²) in [6.45, 7) is 4.72. The predicted octanol–water partition coefficient (Wildman–Crippen LogP) is 3.32. The first-order valence-corrected chi connectivity index (χ1v) is 8.73. The van der Waals surface area contributed by atoms with Gasteiger partial charge in [0, 0.05) is 12.6 Å². The van der Waals surface area contributed by atoms with Gasteiger partial charge in [-0.05, 0) is 46.8 Å². The third kappa shape index (κ3) is 3.10. The smallest absolute Gasteiger partial charge is 0.206 e. The van der Waals surface area contributed by atoms with E-state index in [1.54, 1.807) is 16.4 Å². The average Bonchev–Trinajstić information content (AvgIpc) is 2.96. The second-order valence-electron chi connectivity index (χ2n) is 4.76. The van der Waals surface area contributed by atoms with Gasteiger partial charge in [0.1, 0.15) is 4.21 Å². The minimum Gasteiger partial charge on any atom is -0.206 e. The topological polar surface area (TPSA) is 37.4 Å². The summed E-state index contributed by atoms with van der Waals surface area (Å²) in [5.41, 5.74) is 0. The van der Waals surface area contributed by atoms with Crippen molar-refractivity contribution < 1.29 is 8.42 Å². The molecule has 17 heavy (non-hydrogen) atoms. The van der Waals surface area contributed by atoms with Crippen molar-refractivity contribution in [3.05, 3.63) is 15.9 Å². The van der Waals surface area contributed by atoms with Gasteiger partial charge in [-0.1, -0.05) is 13.8 Å². The second-order valence-corrected chi connectivity index (χ2v) is 9.34. The predicted molar refractivity (Wildman–Crippen MR) is 73.8 cm³/mol. The minimum absolute atomic E-state index is 0.225. The van der Waals surface area contributed by atoms with Crippen molar-refractivity contribution in [2.45, 2.75) is 36.9 Å². The molecule has 0 N–H and O–H groups in total. The molecule has 0 aromatic carbocycles. The highest BCUT2D eigenvalue weighted by atomic mass is 79.9. The summed E-state index contributed by atoms with van der Waals surface area (Å²) < 4.78 is 27.9. The van der Waals surface area contributed by atoms with Crippen LogP contribution in [-0.2, 0) is 10.0 Å². The molecule has 1 aromatic heterocycles. The molecule has 1 aliphatic carbocycles.